The zero-order valence-corrected chi connectivity index (χ0v) is 13.7. The third-order valence-corrected chi connectivity index (χ3v) is 6.26. The Balaban J connectivity index is 1.66. The van der Waals surface area contributed by atoms with E-state index in [1.54, 1.807) is 0 Å². The molecule has 1 fully saturated rings. The molecule has 2 aromatic rings. The minimum atomic E-state index is 0.475. The van der Waals surface area contributed by atoms with Gasteiger partial charge in [0.1, 0.15) is 0 Å². The number of thioether (sulfide) groups is 1. The van der Waals surface area contributed by atoms with Gasteiger partial charge in [0.05, 0.1) is 0 Å². The van der Waals surface area contributed by atoms with Crippen LogP contribution in [-0.2, 0) is 6.54 Å². The molecule has 0 atom stereocenters. The van der Waals surface area contributed by atoms with E-state index in [4.69, 9.17) is 0 Å². The van der Waals surface area contributed by atoms with Crippen LogP contribution >= 0.6 is 11.8 Å². The highest BCUT2D eigenvalue weighted by Crippen LogP contribution is 2.38. The lowest BCUT2D eigenvalue weighted by atomic mass is 9.88. The van der Waals surface area contributed by atoms with Crippen molar-refractivity contribution < 1.29 is 0 Å². The first-order valence-electron chi connectivity index (χ1n) is 8.06. The van der Waals surface area contributed by atoms with Crippen molar-refractivity contribution in [1.82, 2.24) is 5.32 Å². The third kappa shape index (κ3) is 3.44. The van der Waals surface area contributed by atoms with Crippen molar-refractivity contribution in [2.24, 2.45) is 0 Å². The van der Waals surface area contributed by atoms with Crippen LogP contribution in [-0.4, -0.2) is 17.5 Å². The number of fused-ring (bicyclic) bond motifs is 1. The molecule has 1 nitrogen and oxygen atoms in total. The van der Waals surface area contributed by atoms with Crippen molar-refractivity contribution in [2.45, 2.75) is 43.4 Å². The lowest BCUT2D eigenvalue weighted by Gasteiger charge is -2.36. The summed E-state index contributed by atoms with van der Waals surface area (Å²) in [6.45, 7) is 2.11. The van der Waals surface area contributed by atoms with Gasteiger partial charge in [0.15, 0.2) is 0 Å². The summed E-state index contributed by atoms with van der Waals surface area (Å²) in [4.78, 5) is 0. The van der Waals surface area contributed by atoms with Crippen LogP contribution < -0.4 is 5.32 Å². The molecular formula is C19H25NS. The quantitative estimate of drug-likeness (QED) is 0.834. The molecule has 0 heterocycles. The molecule has 0 bridgehead atoms. The SMILES string of the molecule is CSC1(CNCc2cccc3ccccc23)CCCCC1. The second kappa shape index (κ2) is 6.85. The van der Waals surface area contributed by atoms with Gasteiger partial charge < -0.3 is 5.32 Å². The lowest BCUT2D eigenvalue weighted by Crippen LogP contribution is -2.39. The second-order valence-corrected chi connectivity index (χ2v) is 7.46. The molecule has 0 aromatic heterocycles. The third-order valence-electron chi connectivity index (χ3n) is 4.84. The molecule has 1 aliphatic rings. The molecule has 0 radical (unpaired) electrons. The number of hydrogen-bond acceptors (Lipinski definition) is 2. The van der Waals surface area contributed by atoms with E-state index in [-0.39, 0.29) is 0 Å². The summed E-state index contributed by atoms with van der Waals surface area (Å²) < 4.78 is 0.475. The van der Waals surface area contributed by atoms with Crippen LogP contribution in [0.1, 0.15) is 37.7 Å². The molecule has 3 rings (SSSR count). The largest absolute Gasteiger partial charge is 0.311 e. The minimum Gasteiger partial charge on any atom is -0.311 e. The van der Waals surface area contributed by atoms with Gasteiger partial charge in [-0.3, -0.25) is 0 Å². The van der Waals surface area contributed by atoms with Gasteiger partial charge in [0.25, 0.3) is 0 Å². The van der Waals surface area contributed by atoms with Crippen LogP contribution in [0.4, 0.5) is 0 Å². The number of nitrogens with one attached hydrogen (secondary N) is 1. The summed E-state index contributed by atoms with van der Waals surface area (Å²) >= 11 is 2.07. The first kappa shape index (κ1) is 14.9. The molecule has 0 aliphatic heterocycles. The van der Waals surface area contributed by atoms with Gasteiger partial charge in [-0.1, -0.05) is 61.7 Å². The monoisotopic (exact) mass is 299 g/mol. The topological polar surface area (TPSA) is 12.0 Å². The van der Waals surface area contributed by atoms with Crippen LogP contribution in [0.25, 0.3) is 10.8 Å². The zero-order valence-electron chi connectivity index (χ0n) is 12.9. The molecule has 0 saturated heterocycles. The van der Waals surface area contributed by atoms with E-state index in [2.05, 4.69) is 65.8 Å². The van der Waals surface area contributed by atoms with Gasteiger partial charge in [0.2, 0.25) is 0 Å². The molecule has 0 spiro atoms. The molecule has 21 heavy (non-hydrogen) atoms. The number of benzene rings is 2. The Hall–Kier alpha value is -0.990. The fourth-order valence-electron chi connectivity index (χ4n) is 3.52. The van der Waals surface area contributed by atoms with Crippen molar-refractivity contribution in [3.05, 3.63) is 48.0 Å². The molecule has 2 heteroatoms. The van der Waals surface area contributed by atoms with Crippen molar-refractivity contribution >= 4 is 22.5 Å². The molecule has 1 saturated carbocycles. The fourth-order valence-corrected chi connectivity index (χ4v) is 4.46. The predicted octanol–water partition coefficient (Wildman–Crippen LogP) is 5.00. The van der Waals surface area contributed by atoms with E-state index < -0.39 is 0 Å². The van der Waals surface area contributed by atoms with Crippen LogP contribution in [0.5, 0.6) is 0 Å². The Bertz CT molecular complexity index is 582. The standard InChI is InChI=1S/C19H25NS/c1-21-19(12-5-2-6-13-19)15-20-14-17-10-7-9-16-8-3-4-11-18(16)17/h3-4,7-11,20H,2,5-6,12-15H2,1H3. The van der Waals surface area contributed by atoms with Crippen LogP contribution in [0.3, 0.4) is 0 Å². The average molecular weight is 299 g/mol. The Kier molecular flexibility index (Phi) is 4.87. The smallest absolute Gasteiger partial charge is 0.0281 e. The van der Waals surface area contributed by atoms with Gasteiger partial charge in [-0.15, -0.1) is 0 Å². The van der Waals surface area contributed by atoms with Gasteiger partial charge in [0, 0.05) is 17.8 Å². The molecule has 1 aliphatic carbocycles. The summed E-state index contributed by atoms with van der Waals surface area (Å²) in [5.41, 5.74) is 1.42. The van der Waals surface area contributed by atoms with Gasteiger partial charge in [-0.2, -0.15) is 11.8 Å². The highest BCUT2D eigenvalue weighted by molar-refractivity contribution is 8.00. The van der Waals surface area contributed by atoms with Crippen molar-refractivity contribution in [1.29, 1.82) is 0 Å². The lowest BCUT2D eigenvalue weighted by molar-refractivity contribution is 0.379. The van der Waals surface area contributed by atoms with Crippen molar-refractivity contribution in [3.8, 4) is 0 Å². The van der Waals surface area contributed by atoms with E-state index in [0.29, 0.717) is 4.75 Å². The summed E-state index contributed by atoms with van der Waals surface area (Å²) in [5.74, 6) is 0. The van der Waals surface area contributed by atoms with E-state index in [0.717, 1.165) is 13.1 Å². The van der Waals surface area contributed by atoms with Gasteiger partial charge in [-0.25, -0.2) is 0 Å². The van der Waals surface area contributed by atoms with E-state index in [9.17, 15) is 0 Å². The Morgan fingerprint density at radius 1 is 1.00 bits per heavy atom. The van der Waals surface area contributed by atoms with Crippen LogP contribution in [0.2, 0.25) is 0 Å². The van der Waals surface area contributed by atoms with E-state index in [1.807, 2.05) is 0 Å². The maximum absolute atomic E-state index is 3.73. The maximum Gasteiger partial charge on any atom is 0.0281 e. The average Bonchev–Trinajstić information content (AvgIpc) is 2.56. The Morgan fingerprint density at radius 3 is 2.57 bits per heavy atom. The first-order chi connectivity index (χ1) is 10.3. The van der Waals surface area contributed by atoms with Gasteiger partial charge >= 0.3 is 0 Å². The molecule has 112 valence electrons. The molecule has 0 unspecified atom stereocenters. The summed E-state index contributed by atoms with van der Waals surface area (Å²) in [6.07, 6.45) is 9.25. The van der Waals surface area contributed by atoms with Crippen molar-refractivity contribution in [2.75, 3.05) is 12.8 Å². The van der Waals surface area contributed by atoms with Crippen LogP contribution in [0, 0.1) is 0 Å². The second-order valence-electron chi connectivity index (χ2n) is 6.19. The Morgan fingerprint density at radius 2 is 1.76 bits per heavy atom. The van der Waals surface area contributed by atoms with Crippen LogP contribution in [0.15, 0.2) is 42.5 Å². The fraction of sp³-hybridized carbons (Fsp3) is 0.474. The molecule has 2 aromatic carbocycles. The summed E-state index contributed by atoms with van der Waals surface area (Å²) in [6, 6.07) is 15.3. The van der Waals surface area contributed by atoms with Gasteiger partial charge in [-0.05, 0) is 35.4 Å². The highest BCUT2D eigenvalue weighted by Gasteiger charge is 2.30. The van der Waals surface area contributed by atoms with E-state index in [1.165, 1.54) is 48.4 Å². The predicted molar refractivity (Wildman–Crippen MR) is 95.0 cm³/mol. The summed E-state index contributed by atoms with van der Waals surface area (Å²) in [5, 5.41) is 6.46. The molecular weight excluding hydrogens is 274 g/mol. The highest BCUT2D eigenvalue weighted by atomic mass is 32.2. The first-order valence-corrected chi connectivity index (χ1v) is 9.28. The maximum atomic E-state index is 3.73. The Labute approximate surface area is 132 Å². The number of hydrogen-bond donors (Lipinski definition) is 1. The zero-order chi connectivity index (χ0) is 14.5. The number of rotatable bonds is 5. The molecule has 0 amide bonds. The van der Waals surface area contributed by atoms with Crippen molar-refractivity contribution in [3.63, 3.8) is 0 Å². The van der Waals surface area contributed by atoms with E-state index >= 15 is 0 Å². The minimum absolute atomic E-state index is 0.475. The normalized spacial score (nSPS) is 18.0. The molecule has 1 N–H and O–H groups in total. The summed E-state index contributed by atoms with van der Waals surface area (Å²) in [7, 11) is 0.